The smallest absolute Gasteiger partial charge is 0.433 e. The van der Waals surface area contributed by atoms with E-state index in [-0.39, 0.29) is 36.8 Å². The topological polar surface area (TPSA) is 117 Å². The number of carbonyl (C=O) groups excluding carboxylic acids is 3. The Kier molecular flexibility index (Phi) is 10.2. The van der Waals surface area contributed by atoms with Crippen LogP contribution in [0.15, 0.2) is 42.7 Å². The van der Waals surface area contributed by atoms with Crippen LogP contribution in [0.4, 0.5) is 40.8 Å². The summed E-state index contributed by atoms with van der Waals surface area (Å²) in [5, 5.41) is 4.43. The molecule has 53 heavy (non-hydrogen) atoms. The number of halogens is 8. The van der Waals surface area contributed by atoms with Gasteiger partial charge in [-0.3, -0.25) is 24.3 Å². The Hall–Kier alpha value is -4.75. The van der Waals surface area contributed by atoms with Gasteiger partial charge < -0.3 is 14.8 Å². The Balaban J connectivity index is 1.27. The average molecular weight is 757 g/mol. The molecule has 284 valence electrons. The van der Waals surface area contributed by atoms with E-state index < -0.39 is 87.8 Å². The second-order valence-electron chi connectivity index (χ2n) is 13.0. The fourth-order valence-corrected chi connectivity index (χ4v) is 6.40. The van der Waals surface area contributed by atoms with Crippen molar-refractivity contribution in [1.82, 2.24) is 24.9 Å². The summed E-state index contributed by atoms with van der Waals surface area (Å²) >= 11 is 0. The molecular formula is C34H32F8N6O5. The molecule has 1 saturated carbocycles. The number of hydrazine groups is 1. The van der Waals surface area contributed by atoms with E-state index >= 15 is 8.78 Å². The molecule has 3 fully saturated rings. The minimum Gasteiger partial charge on any atom is -0.489 e. The van der Waals surface area contributed by atoms with Crippen molar-refractivity contribution < 1.29 is 59.0 Å². The van der Waals surface area contributed by atoms with Crippen LogP contribution in [0.1, 0.15) is 36.1 Å². The monoisotopic (exact) mass is 756 g/mol. The highest BCUT2D eigenvalue weighted by atomic mass is 19.4. The van der Waals surface area contributed by atoms with Crippen molar-refractivity contribution in [2.24, 2.45) is 5.92 Å². The van der Waals surface area contributed by atoms with Crippen LogP contribution < -0.4 is 10.1 Å². The maximum Gasteiger partial charge on any atom is 0.433 e. The van der Waals surface area contributed by atoms with E-state index in [1.54, 1.807) is 0 Å². The van der Waals surface area contributed by atoms with Gasteiger partial charge in [0.05, 0.1) is 48.3 Å². The Morgan fingerprint density at radius 1 is 1.02 bits per heavy atom. The van der Waals surface area contributed by atoms with Gasteiger partial charge in [0.2, 0.25) is 11.7 Å². The van der Waals surface area contributed by atoms with Crippen molar-refractivity contribution in [3.05, 3.63) is 71.2 Å². The lowest BCUT2D eigenvalue weighted by Crippen LogP contribution is -2.72. The molecule has 2 amide bonds. The van der Waals surface area contributed by atoms with Crippen LogP contribution in [-0.4, -0.2) is 94.5 Å². The van der Waals surface area contributed by atoms with Crippen LogP contribution in [0, 0.1) is 17.6 Å². The number of benzene rings is 2. The fraction of sp³-hybridized carbons (Fsp3) is 0.441. The van der Waals surface area contributed by atoms with Gasteiger partial charge in [-0.1, -0.05) is 6.07 Å². The van der Waals surface area contributed by atoms with Crippen LogP contribution in [0.3, 0.4) is 0 Å². The zero-order valence-electron chi connectivity index (χ0n) is 28.2. The van der Waals surface area contributed by atoms with Crippen LogP contribution in [0.2, 0.25) is 0 Å². The number of nitrogens with zero attached hydrogens (tertiary/aromatic N) is 5. The summed E-state index contributed by atoms with van der Waals surface area (Å²) in [7, 11) is 3.23. The molecule has 19 heteroatoms. The molecule has 1 atom stereocenters. The third-order valence-corrected chi connectivity index (χ3v) is 9.88. The predicted molar refractivity (Wildman–Crippen MR) is 169 cm³/mol. The lowest BCUT2D eigenvalue weighted by Gasteiger charge is -2.55. The number of nitrogens with one attached hydrogen (secondary N) is 1. The van der Waals surface area contributed by atoms with Gasteiger partial charge in [0, 0.05) is 24.7 Å². The number of carbonyl (C=O) groups is 3. The molecule has 2 aromatic carbocycles. The van der Waals surface area contributed by atoms with Crippen molar-refractivity contribution in [2.75, 3.05) is 45.8 Å². The first kappa shape index (κ1) is 38.0. The second kappa shape index (κ2) is 14.2. The highest BCUT2D eigenvalue weighted by Gasteiger charge is 2.60. The molecule has 6 rings (SSSR count). The maximum absolute atomic E-state index is 15.4. The first-order valence-electron chi connectivity index (χ1n) is 16.3. The van der Waals surface area contributed by atoms with Crippen LogP contribution in [0.25, 0.3) is 11.3 Å². The van der Waals surface area contributed by atoms with Gasteiger partial charge in [0.1, 0.15) is 18.6 Å². The molecule has 1 spiro atoms. The highest BCUT2D eigenvalue weighted by molar-refractivity contribution is 6.25. The summed E-state index contributed by atoms with van der Waals surface area (Å²) in [4.78, 5) is 50.3. The number of amides is 2. The van der Waals surface area contributed by atoms with Crippen molar-refractivity contribution in [3.8, 4) is 17.0 Å². The van der Waals surface area contributed by atoms with Crippen molar-refractivity contribution >= 4 is 23.3 Å². The number of anilines is 1. The van der Waals surface area contributed by atoms with E-state index in [2.05, 4.69) is 15.3 Å². The van der Waals surface area contributed by atoms with Crippen LogP contribution in [-0.2, 0) is 38.0 Å². The summed E-state index contributed by atoms with van der Waals surface area (Å²) in [6.07, 6.45) is -8.56. The minimum atomic E-state index is -4.99. The highest BCUT2D eigenvalue weighted by Crippen LogP contribution is 2.45. The molecule has 3 aromatic rings. The van der Waals surface area contributed by atoms with Crippen molar-refractivity contribution in [1.29, 1.82) is 0 Å². The zero-order chi connectivity index (χ0) is 38.5. The number of hydrogen-bond donors (Lipinski definition) is 1. The second-order valence-corrected chi connectivity index (χ2v) is 13.0. The van der Waals surface area contributed by atoms with Gasteiger partial charge in [-0.05, 0) is 56.6 Å². The van der Waals surface area contributed by atoms with E-state index in [1.807, 2.05) is 11.9 Å². The summed E-state index contributed by atoms with van der Waals surface area (Å²) < 4.78 is 122. The lowest BCUT2D eigenvalue weighted by atomic mass is 9.68. The normalized spacial score (nSPS) is 19.4. The fourth-order valence-electron chi connectivity index (χ4n) is 6.40. The molecule has 1 unspecified atom stereocenters. The average Bonchev–Trinajstić information content (AvgIpc) is 3.04. The number of Topliss-reactive ketones (excluding diaryl/α,β-unsaturated/α-hetero) is 1. The lowest BCUT2D eigenvalue weighted by molar-refractivity contribution is -0.196. The maximum atomic E-state index is 15.4. The number of ether oxygens (including phenoxy) is 2. The largest absolute Gasteiger partial charge is 0.489 e. The zero-order valence-corrected chi connectivity index (χ0v) is 28.2. The molecule has 0 radical (unpaired) electrons. The molecule has 2 saturated heterocycles. The van der Waals surface area contributed by atoms with Gasteiger partial charge in [-0.15, -0.1) is 0 Å². The first-order chi connectivity index (χ1) is 24.9. The summed E-state index contributed by atoms with van der Waals surface area (Å²) in [5.41, 5.74) is -6.20. The predicted octanol–water partition coefficient (Wildman–Crippen LogP) is 5.10. The SMILES string of the molecule is CN(CCOc1ccc(CN2C(=O)C(C(=O)Nc3ccc(C(F)(F)F)cc3-c3cc(C(F)(F)F)ncn3)C(=O)C3(CCC3)N2C)c(F)c1F)C1COC1. The Bertz CT molecular complexity index is 1920. The van der Waals surface area contributed by atoms with Gasteiger partial charge in [-0.25, -0.2) is 19.4 Å². The quantitative estimate of drug-likeness (QED) is 0.223. The number of alkyl halides is 6. The number of hydrogen-bond acceptors (Lipinski definition) is 9. The van der Waals surface area contributed by atoms with E-state index in [0.29, 0.717) is 50.7 Å². The third-order valence-electron chi connectivity index (χ3n) is 9.88. The molecular weight excluding hydrogens is 724 g/mol. The molecule has 1 aromatic heterocycles. The number of likely N-dealkylation sites (N-methyl/N-ethyl adjacent to an activating group) is 2. The summed E-state index contributed by atoms with van der Waals surface area (Å²) in [6, 6.07) is 4.73. The van der Waals surface area contributed by atoms with Crippen LogP contribution in [0.5, 0.6) is 5.75 Å². The minimum absolute atomic E-state index is 0.0405. The van der Waals surface area contributed by atoms with Crippen molar-refractivity contribution in [3.63, 3.8) is 0 Å². The number of rotatable bonds is 10. The molecule has 2 aliphatic heterocycles. The number of aromatic nitrogens is 2. The molecule has 1 aliphatic carbocycles. The third kappa shape index (κ3) is 7.28. The van der Waals surface area contributed by atoms with E-state index in [4.69, 9.17) is 9.47 Å². The molecule has 3 heterocycles. The Labute approximate surface area is 296 Å². The van der Waals surface area contributed by atoms with Gasteiger partial charge in [0.15, 0.2) is 23.3 Å². The van der Waals surface area contributed by atoms with Gasteiger partial charge >= 0.3 is 12.4 Å². The molecule has 0 bridgehead atoms. The van der Waals surface area contributed by atoms with Gasteiger partial charge in [-0.2, -0.15) is 30.7 Å². The standard InChI is InChI=1S/C34H32F8N6O5/c1-46(20-15-52-16-20)10-11-53-24-7-4-18(27(35)28(24)36)14-48-31(51)26(29(49)32(47(48)2)8-3-9-32)30(50)45-22-6-5-19(33(37,38)39)12-21(22)23-13-25(34(40,41)42)44-17-43-23/h4-7,12-13,17,20,26H,3,8-11,14-16H2,1-2H3,(H,45,50). The Morgan fingerprint density at radius 2 is 1.74 bits per heavy atom. The number of ketones is 1. The molecule has 1 N–H and O–H groups in total. The summed E-state index contributed by atoms with van der Waals surface area (Å²) in [6.45, 7) is 0.940. The van der Waals surface area contributed by atoms with E-state index in [1.165, 1.54) is 24.2 Å². The van der Waals surface area contributed by atoms with Gasteiger partial charge in [0.25, 0.3) is 5.91 Å². The van der Waals surface area contributed by atoms with E-state index in [0.717, 1.165) is 11.1 Å². The van der Waals surface area contributed by atoms with E-state index in [9.17, 15) is 40.7 Å². The van der Waals surface area contributed by atoms with Crippen molar-refractivity contribution in [2.45, 2.75) is 49.7 Å². The molecule has 3 aliphatic rings. The van der Waals surface area contributed by atoms with Crippen LogP contribution >= 0.6 is 0 Å². The first-order valence-corrected chi connectivity index (χ1v) is 16.3. The summed E-state index contributed by atoms with van der Waals surface area (Å²) in [5.74, 6) is -8.41. The Morgan fingerprint density at radius 3 is 2.34 bits per heavy atom. The molecule has 11 nitrogen and oxygen atoms in total.